The molecule has 0 N–H and O–H groups in total. The van der Waals surface area contributed by atoms with Crippen LogP contribution in [-0.4, -0.2) is 25.2 Å². The van der Waals surface area contributed by atoms with Gasteiger partial charge in [0.05, 0.1) is 12.6 Å². The molecule has 3 nitrogen and oxygen atoms in total. The summed E-state index contributed by atoms with van der Waals surface area (Å²) in [4.78, 5) is 4.65. The zero-order valence-corrected chi connectivity index (χ0v) is 11.6. The van der Waals surface area contributed by atoms with Gasteiger partial charge in [0.2, 0.25) is 5.90 Å². The number of methoxy groups -OCH3 is 1. The Bertz CT molecular complexity index is 464. The van der Waals surface area contributed by atoms with Crippen molar-refractivity contribution in [2.45, 2.75) is 39.2 Å². The first-order chi connectivity index (χ1) is 8.57. The van der Waals surface area contributed by atoms with Crippen molar-refractivity contribution in [3.8, 4) is 5.75 Å². The number of hydrogen-bond acceptors (Lipinski definition) is 3. The van der Waals surface area contributed by atoms with Crippen LogP contribution in [0.4, 0.5) is 0 Å². The smallest absolute Gasteiger partial charge is 0.217 e. The molecule has 0 saturated heterocycles. The molecule has 2 rings (SSSR count). The third-order valence-electron chi connectivity index (χ3n) is 3.05. The lowest BCUT2D eigenvalue weighted by Gasteiger charge is -2.12. The van der Waals surface area contributed by atoms with Gasteiger partial charge < -0.3 is 9.47 Å². The SMILES string of the molecule is CCCc1c(OC)cccc1C1=NC(C)(C)CO1. The second kappa shape index (κ2) is 5.01. The van der Waals surface area contributed by atoms with Crippen molar-refractivity contribution in [1.82, 2.24) is 0 Å². The van der Waals surface area contributed by atoms with Crippen LogP contribution >= 0.6 is 0 Å². The van der Waals surface area contributed by atoms with Crippen LogP contribution in [0.1, 0.15) is 38.3 Å². The molecule has 98 valence electrons. The van der Waals surface area contributed by atoms with E-state index >= 15 is 0 Å². The van der Waals surface area contributed by atoms with Crippen molar-refractivity contribution in [1.29, 1.82) is 0 Å². The molecule has 0 unspecified atom stereocenters. The number of nitrogens with zero attached hydrogens (tertiary/aromatic N) is 1. The van der Waals surface area contributed by atoms with Gasteiger partial charge >= 0.3 is 0 Å². The van der Waals surface area contributed by atoms with Crippen LogP contribution < -0.4 is 4.74 Å². The molecular weight excluding hydrogens is 226 g/mol. The quantitative estimate of drug-likeness (QED) is 0.818. The van der Waals surface area contributed by atoms with Crippen molar-refractivity contribution in [3.63, 3.8) is 0 Å². The predicted molar refractivity (Wildman–Crippen MR) is 73.6 cm³/mol. The molecule has 1 aromatic carbocycles. The second-order valence-electron chi connectivity index (χ2n) is 5.25. The van der Waals surface area contributed by atoms with Crippen LogP contribution in [0.2, 0.25) is 0 Å². The fourth-order valence-electron chi connectivity index (χ4n) is 2.19. The molecule has 1 aliphatic heterocycles. The van der Waals surface area contributed by atoms with Crippen LogP contribution in [0.3, 0.4) is 0 Å². The zero-order chi connectivity index (χ0) is 13.2. The molecule has 0 aliphatic carbocycles. The van der Waals surface area contributed by atoms with E-state index in [1.807, 2.05) is 12.1 Å². The molecule has 0 fully saturated rings. The number of benzene rings is 1. The number of hydrogen-bond donors (Lipinski definition) is 0. The van der Waals surface area contributed by atoms with E-state index in [0.717, 1.165) is 30.1 Å². The standard InChI is InChI=1S/C15H21NO2/c1-5-7-11-12(8-6-9-13(11)17-4)14-16-15(2,3)10-18-14/h6,8-9H,5,7,10H2,1-4H3. The molecule has 1 aromatic rings. The fraction of sp³-hybridized carbons (Fsp3) is 0.533. The summed E-state index contributed by atoms with van der Waals surface area (Å²) in [7, 11) is 1.71. The van der Waals surface area contributed by atoms with E-state index in [9.17, 15) is 0 Å². The molecule has 0 aromatic heterocycles. The number of rotatable bonds is 4. The Morgan fingerprint density at radius 2 is 2.17 bits per heavy atom. The third kappa shape index (κ3) is 2.50. The number of ether oxygens (including phenoxy) is 2. The van der Waals surface area contributed by atoms with Crippen molar-refractivity contribution in [2.75, 3.05) is 13.7 Å². The topological polar surface area (TPSA) is 30.8 Å². The summed E-state index contributed by atoms with van der Waals surface area (Å²) >= 11 is 0. The first-order valence-electron chi connectivity index (χ1n) is 6.46. The maximum absolute atomic E-state index is 5.74. The van der Waals surface area contributed by atoms with Gasteiger partial charge in [-0.2, -0.15) is 0 Å². The Kier molecular flexibility index (Phi) is 3.60. The zero-order valence-electron chi connectivity index (χ0n) is 11.6. The second-order valence-corrected chi connectivity index (χ2v) is 5.25. The van der Waals surface area contributed by atoms with Crippen LogP contribution in [-0.2, 0) is 11.2 Å². The average Bonchev–Trinajstić information content (AvgIpc) is 2.70. The molecule has 0 spiro atoms. The van der Waals surface area contributed by atoms with Gasteiger partial charge in [0, 0.05) is 11.1 Å². The van der Waals surface area contributed by atoms with Gasteiger partial charge in [0.15, 0.2) is 0 Å². The Morgan fingerprint density at radius 1 is 1.39 bits per heavy atom. The van der Waals surface area contributed by atoms with E-state index in [2.05, 4.69) is 31.8 Å². The summed E-state index contributed by atoms with van der Waals surface area (Å²) in [6.07, 6.45) is 2.05. The fourth-order valence-corrected chi connectivity index (χ4v) is 2.19. The minimum absolute atomic E-state index is 0.123. The minimum Gasteiger partial charge on any atom is -0.496 e. The average molecular weight is 247 g/mol. The molecule has 0 radical (unpaired) electrons. The molecule has 0 atom stereocenters. The molecule has 0 bridgehead atoms. The first kappa shape index (κ1) is 12.9. The van der Waals surface area contributed by atoms with Gasteiger partial charge in [0.25, 0.3) is 0 Å². The van der Waals surface area contributed by atoms with Gasteiger partial charge in [-0.15, -0.1) is 0 Å². The van der Waals surface area contributed by atoms with E-state index < -0.39 is 0 Å². The summed E-state index contributed by atoms with van der Waals surface area (Å²) in [5.41, 5.74) is 2.14. The van der Waals surface area contributed by atoms with Crippen molar-refractivity contribution >= 4 is 5.90 Å². The summed E-state index contributed by atoms with van der Waals surface area (Å²) in [6, 6.07) is 6.05. The highest BCUT2D eigenvalue weighted by Gasteiger charge is 2.28. The van der Waals surface area contributed by atoms with Crippen LogP contribution in [0.5, 0.6) is 5.75 Å². The Morgan fingerprint density at radius 3 is 2.72 bits per heavy atom. The van der Waals surface area contributed by atoms with E-state index in [0.29, 0.717) is 6.61 Å². The van der Waals surface area contributed by atoms with E-state index in [4.69, 9.17) is 9.47 Å². The van der Waals surface area contributed by atoms with Gasteiger partial charge in [0.1, 0.15) is 12.4 Å². The van der Waals surface area contributed by atoms with E-state index in [1.54, 1.807) is 7.11 Å². The van der Waals surface area contributed by atoms with Gasteiger partial charge in [-0.25, -0.2) is 4.99 Å². The minimum atomic E-state index is -0.123. The first-order valence-corrected chi connectivity index (χ1v) is 6.46. The number of aliphatic imine (C=N–C) groups is 1. The van der Waals surface area contributed by atoms with E-state index in [1.165, 1.54) is 5.56 Å². The molecular formula is C15H21NO2. The molecule has 3 heteroatoms. The maximum Gasteiger partial charge on any atom is 0.217 e. The summed E-state index contributed by atoms with van der Waals surface area (Å²) in [5, 5.41) is 0. The van der Waals surface area contributed by atoms with Crippen molar-refractivity contribution in [2.24, 2.45) is 4.99 Å². The Hall–Kier alpha value is -1.51. The molecule has 0 saturated carbocycles. The molecule has 1 heterocycles. The third-order valence-corrected chi connectivity index (χ3v) is 3.05. The van der Waals surface area contributed by atoms with Gasteiger partial charge in [-0.3, -0.25) is 0 Å². The lowest BCUT2D eigenvalue weighted by atomic mass is 10.0. The van der Waals surface area contributed by atoms with Crippen LogP contribution in [0.25, 0.3) is 0 Å². The van der Waals surface area contributed by atoms with Crippen molar-refractivity contribution in [3.05, 3.63) is 29.3 Å². The monoisotopic (exact) mass is 247 g/mol. The maximum atomic E-state index is 5.74. The lowest BCUT2D eigenvalue weighted by Crippen LogP contribution is -2.17. The normalized spacial score (nSPS) is 17.2. The summed E-state index contributed by atoms with van der Waals surface area (Å²) in [5.74, 6) is 1.67. The van der Waals surface area contributed by atoms with Crippen LogP contribution in [0.15, 0.2) is 23.2 Å². The highest BCUT2D eigenvalue weighted by molar-refractivity contribution is 5.97. The molecule has 18 heavy (non-hydrogen) atoms. The molecule has 1 aliphatic rings. The summed E-state index contributed by atoms with van der Waals surface area (Å²) in [6.45, 7) is 6.97. The largest absolute Gasteiger partial charge is 0.496 e. The van der Waals surface area contributed by atoms with Crippen LogP contribution in [0, 0.1) is 0 Å². The Balaban J connectivity index is 2.44. The summed E-state index contributed by atoms with van der Waals surface area (Å²) < 4.78 is 11.2. The van der Waals surface area contributed by atoms with Gasteiger partial charge in [-0.1, -0.05) is 19.4 Å². The van der Waals surface area contributed by atoms with E-state index in [-0.39, 0.29) is 5.54 Å². The molecule has 0 amide bonds. The van der Waals surface area contributed by atoms with Crippen molar-refractivity contribution < 1.29 is 9.47 Å². The Labute approximate surface area is 109 Å². The predicted octanol–water partition coefficient (Wildman–Crippen LogP) is 3.20. The lowest BCUT2D eigenvalue weighted by molar-refractivity contribution is 0.279. The highest BCUT2D eigenvalue weighted by Crippen LogP contribution is 2.28. The highest BCUT2D eigenvalue weighted by atomic mass is 16.5. The van der Waals surface area contributed by atoms with Gasteiger partial charge in [-0.05, 0) is 32.4 Å².